The number of oxime groups is 1. The first-order chi connectivity index (χ1) is 16.5. The van der Waals surface area contributed by atoms with Gasteiger partial charge in [0.1, 0.15) is 31.3 Å². The maximum atomic E-state index is 15.0. The molecule has 1 aliphatic rings. The molecule has 0 radical (unpaired) electrons. The molecular formula is C23H29FN6O4. The standard InChI is InChI=1S/C23H29FN6O4/c24-22-16(15-33-21(32)12-20(25)26)4-3-5-19(22)17-13-27-23(28-14-17)30-8-6-18(7-9-30)29-34-11-2-1-10-31/h3-5,13-14,31H,1-2,6-12,15H2,(H3,25,26). The van der Waals surface area contributed by atoms with Gasteiger partial charge in [0.05, 0.1) is 5.71 Å². The molecule has 10 nitrogen and oxygen atoms in total. The molecule has 1 saturated heterocycles. The number of benzene rings is 1. The van der Waals surface area contributed by atoms with E-state index in [1.165, 1.54) is 6.07 Å². The fourth-order valence-corrected chi connectivity index (χ4v) is 3.37. The van der Waals surface area contributed by atoms with Crippen LogP contribution in [0.1, 0.15) is 37.7 Å². The number of hydrogen-bond donors (Lipinski definition) is 3. The molecular weight excluding hydrogens is 443 g/mol. The summed E-state index contributed by atoms with van der Waals surface area (Å²) in [4.78, 5) is 27.7. The number of aliphatic hydroxyl groups is 1. The number of hydrogen-bond acceptors (Lipinski definition) is 9. The highest BCUT2D eigenvalue weighted by atomic mass is 19.1. The molecule has 1 aromatic carbocycles. The molecule has 1 aromatic heterocycles. The van der Waals surface area contributed by atoms with Crippen LogP contribution in [-0.2, 0) is 21.0 Å². The Balaban J connectivity index is 1.57. The van der Waals surface area contributed by atoms with Crippen molar-refractivity contribution in [3.05, 3.63) is 42.0 Å². The second-order valence-electron chi connectivity index (χ2n) is 7.82. The number of ether oxygens (including phenoxy) is 1. The summed E-state index contributed by atoms with van der Waals surface area (Å²) in [5, 5.41) is 20.1. The van der Waals surface area contributed by atoms with Gasteiger partial charge in [-0.2, -0.15) is 0 Å². The zero-order valence-electron chi connectivity index (χ0n) is 18.9. The Morgan fingerprint density at radius 2 is 1.97 bits per heavy atom. The predicted molar refractivity (Wildman–Crippen MR) is 125 cm³/mol. The third-order valence-electron chi connectivity index (χ3n) is 5.21. The van der Waals surface area contributed by atoms with Crippen LogP contribution < -0.4 is 10.6 Å². The van der Waals surface area contributed by atoms with E-state index in [0.717, 1.165) is 25.0 Å². The third kappa shape index (κ3) is 7.20. The van der Waals surface area contributed by atoms with Crippen molar-refractivity contribution in [2.24, 2.45) is 10.9 Å². The Kier molecular flexibility index (Phi) is 9.27. The Morgan fingerprint density at radius 1 is 1.24 bits per heavy atom. The van der Waals surface area contributed by atoms with Crippen molar-refractivity contribution in [1.29, 1.82) is 5.41 Å². The van der Waals surface area contributed by atoms with E-state index in [0.29, 0.717) is 43.2 Å². The molecule has 0 spiro atoms. The van der Waals surface area contributed by atoms with Crippen molar-refractivity contribution in [3.63, 3.8) is 0 Å². The molecule has 0 unspecified atom stereocenters. The van der Waals surface area contributed by atoms with E-state index in [1.807, 2.05) is 4.90 Å². The highest BCUT2D eigenvalue weighted by molar-refractivity contribution is 5.94. The quantitative estimate of drug-likeness (QED) is 0.148. The second-order valence-corrected chi connectivity index (χ2v) is 7.82. The molecule has 0 aliphatic carbocycles. The number of aliphatic hydroxyl groups excluding tert-OH is 1. The first-order valence-corrected chi connectivity index (χ1v) is 11.1. The Hall–Kier alpha value is -3.60. The maximum Gasteiger partial charge on any atom is 0.313 e. The second kappa shape index (κ2) is 12.6. The number of esters is 1. The summed E-state index contributed by atoms with van der Waals surface area (Å²) in [6.07, 6.45) is 5.76. The lowest BCUT2D eigenvalue weighted by molar-refractivity contribution is -0.143. The largest absolute Gasteiger partial charge is 0.460 e. The lowest BCUT2D eigenvalue weighted by Crippen LogP contribution is -2.35. The highest BCUT2D eigenvalue weighted by Gasteiger charge is 2.19. The fraction of sp³-hybridized carbons (Fsp3) is 0.435. The zero-order valence-corrected chi connectivity index (χ0v) is 18.9. The summed E-state index contributed by atoms with van der Waals surface area (Å²) in [6.45, 7) is 1.80. The van der Waals surface area contributed by atoms with Gasteiger partial charge in [0.25, 0.3) is 0 Å². The molecule has 1 aliphatic heterocycles. The van der Waals surface area contributed by atoms with Crippen molar-refractivity contribution >= 4 is 23.5 Å². The van der Waals surface area contributed by atoms with Crippen LogP contribution >= 0.6 is 0 Å². The summed E-state index contributed by atoms with van der Waals surface area (Å²) in [7, 11) is 0. The van der Waals surface area contributed by atoms with Crippen molar-refractivity contribution in [1.82, 2.24) is 9.97 Å². The van der Waals surface area contributed by atoms with E-state index in [2.05, 4.69) is 15.1 Å². The smallest absolute Gasteiger partial charge is 0.313 e. The van der Waals surface area contributed by atoms with Crippen LogP contribution in [0.2, 0.25) is 0 Å². The van der Waals surface area contributed by atoms with E-state index in [9.17, 15) is 9.18 Å². The summed E-state index contributed by atoms with van der Waals surface area (Å²) in [5.41, 5.74) is 7.18. The first kappa shape index (κ1) is 25.0. The Labute approximate surface area is 197 Å². The van der Waals surface area contributed by atoms with Gasteiger partial charge >= 0.3 is 5.97 Å². The van der Waals surface area contributed by atoms with Gasteiger partial charge in [-0.3, -0.25) is 10.2 Å². The number of amidine groups is 1. The van der Waals surface area contributed by atoms with Crippen LogP contribution in [0.4, 0.5) is 10.3 Å². The number of piperidine rings is 1. The molecule has 2 heterocycles. The summed E-state index contributed by atoms with van der Waals surface area (Å²) in [5.74, 6) is -0.960. The minimum Gasteiger partial charge on any atom is -0.460 e. The average Bonchev–Trinajstić information content (AvgIpc) is 2.83. The molecule has 182 valence electrons. The number of nitrogens with two attached hydrogens (primary N) is 1. The molecule has 34 heavy (non-hydrogen) atoms. The molecule has 1 fully saturated rings. The molecule has 0 amide bonds. The van der Waals surface area contributed by atoms with Gasteiger partial charge in [-0.1, -0.05) is 23.4 Å². The van der Waals surface area contributed by atoms with Crippen LogP contribution in [0.5, 0.6) is 0 Å². The first-order valence-electron chi connectivity index (χ1n) is 11.1. The molecule has 0 bridgehead atoms. The van der Waals surface area contributed by atoms with Gasteiger partial charge < -0.3 is 25.3 Å². The normalized spacial score (nSPS) is 13.5. The summed E-state index contributed by atoms with van der Waals surface area (Å²) in [6, 6.07) is 4.80. The number of carbonyl (C=O) groups excluding carboxylic acids is 1. The zero-order chi connectivity index (χ0) is 24.3. The third-order valence-corrected chi connectivity index (χ3v) is 5.21. The van der Waals surface area contributed by atoms with Gasteiger partial charge in [0.2, 0.25) is 5.95 Å². The van der Waals surface area contributed by atoms with Crippen molar-refractivity contribution in [2.45, 2.75) is 38.7 Å². The minimum absolute atomic E-state index is 0.156. The van der Waals surface area contributed by atoms with E-state index in [4.69, 9.17) is 25.8 Å². The SMILES string of the molecule is N=C(N)CC(=O)OCc1cccc(-c2cnc(N3CCC(=NOCCCCO)CC3)nc2)c1F. The number of nitrogens with one attached hydrogen (secondary N) is 1. The number of rotatable bonds is 11. The average molecular weight is 473 g/mol. The summed E-state index contributed by atoms with van der Waals surface area (Å²) >= 11 is 0. The number of anilines is 1. The van der Waals surface area contributed by atoms with Gasteiger partial charge in [0.15, 0.2) is 0 Å². The van der Waals surface area contributed by atoms with Gasteiger partial charge in [-0.15, -0.1) is 0 Å². The predicted octanol–water partition coefficient (Wildman–Crippen LogP) is 2.40. The monoisotopic (exact) mass is 472 g/mol. The minimum atomic E-state index is -0.687. The topological polar surface area (TPSA) is 147 Å². The van der Waals surface area contributed by atoms with E-state index in [-0.39, 0.29) is 31.0 Å². The van der Waals surface area contributed by atoms with Crippen LogP contribution in [0.25, 0.3) is 11.1 Å². The van der Waals surface area contributed by atoms with Crippen LogP contribution in [0.15, 0.2) is 35.7 Å². The van der Waals surface area contributed by atoms with Crippen LogP contribution in [0.3, 0.4) is 0 Å². The fourth-order valence-electron chi connectivity index (χ4n) is 3.37. The van der Waals surface area contributed by atoms with E-state index in [1.54, 1.807) is 24.5 Å². The summed E-state index contributed by atoms with van der Waals surface area (Å²) < 4.78 is 20.0. The van der Waals surface area contributed by atoms with Crippen LogP contribution in [-0.4, -0.2) is 58.9 Å². The van der Waals surface area contributed by atoms with E-state index >= 15 is 0 Å². The lowest BCUT2D eigenvalue weighted by atomic mass is 10.0. The lowest BCUT2D eigenvalue weighted by Gasteiger charge is -2.27. The molecule has 4 N–H and O–H groups in total. The molecule has 3 rings (SSSR count). The Bertz CT molecular complexity index is 1010. The van der Waals surface area contributed by atoms with Crippen molar-refractivity contribution in [3.8, 4) is 11.1 Å². The molecule has 11 heteroatoms. The van der Waals surface area contributed by atoms with Gasteiger partial charge in [-0.05, 0) is 12.8 Å². The number of aromatic nitrogens is 2. The Morgan fingerprint density at radius 3 is 2.65 bits per heavy atom. The molecule has 2 aromatic rings. The van der Waals surface area contributed by atoms with Crippen LogP contribution in [0, 0.1) is 11.2 Å². The van der Waals surface area contributed by atoms with Gasteiger partial charge in [0, 0.05) is 61.6 Å². The molecule has 0 saturated carbocycles. The maximum absolute atomic E-state index is 15.0. The number of unbranched alkanes of at least 4 members (excludes halogenated alkanes) is 1. The molecule has 0 atom stereocenters. The highest BCUT2D eigenvalue weighted by Crippen LogP contribution is 2.26. The van der Waals surface area contributed by atoms with Crippen molar-refractivity contribution < 1.29 is 23.9 Å². The van der Waals surface area contributed by atoms with Gasteiger partial charge in [-0.25, -0.2) is 14.4 Å². The van der Waals surface area contributed by atoms with E-state index < -0.39 is 11.8 Å². The van der Waals surface area contributed by atoms with Crippen molar-refractivity contribution in [2.75, 3.05) is 31.2 Å². The number of nitrogens with zero attached hydrogens (tertiary/aromatic N) is 4. The number of halogens is 1. The number of carbonyl (C=O) groups is 1.